The van der Waals surface area contributed by atoms with Crippen molar-refractivity contribution in [3.05, 3.63) is 60.8 Å². The Morgan fingerprint density at radius 3 is 1.87 bits per heavy atom. The van der Waals surface area contributed by atoms with E-state index in [1.165, 1.54) is 70.3 Å². The van der Waals surface area contributed by atoms with Crippen LogP contribution in [0.25, 0.3) is 0 Å². The van der Waals surface area contributed by atoms with Crippen molar-refractivity contribution in [2.75, 3.05) is 19.8 Å². The van der Waals surface area contributed by atoms with E-state index in [9.17, 15) is 24.5 Å². The van der Waals surface area contributed by atoms with Crippen molar-refractivity contribution in [1.82, 2.24) is 5.32 Å². The lowest BCUT2D eigenvalue weighted by Crippen LogP contribution is -2.46. The minimum absolute atomic E-state index is 0.0318. The summed E-state index contributed by atoms with van der Waals surface area (Å²) >= 11 is 0. The van der Waals surface area contributed by atoms with Gasteiger partial charge in [0.2, 0.25) is 5.91 Å². The molecule has 4 atom stereocenters. The quantitative estimate of drug-likeness (QED) is 0.0271. The molecule has 0 aromatic heterocycles. The van der Waals surface area contributed by atoms with Gasteiger partial charge >= 0.3 is 7.82 Å². The highest BCUT2D eigenvalue weighted by atomic mass is 31.2. The molecular formula is C37H67N2O7P. The second kappa shape index (κ2) is 32.7. The summed E-state index contributed by atoms with van der Waals surface area (Å²) in [6, 6.07) is -1.04. The van der Waals surface area contributed by atoms with Gasteiger partial charge in [-0.15, -0.1) is 0 Å². The molecule has 272 valence electrons. The van der Waals surface area contributed by atoms with Gasteiger partial charge in [0.1, 0.15) is 0 Å². The Hall–Kier alpha value is -1.84. The Bertz CT molecular complexity index is 936. The number of aliphatic hydroxyl groups is 2. The van der Waals surface area contributed by atoms with Crippen molar-refractivity contribution in [1.29, 1.82) is 0 Å². The Morgan fingerprint density at radius 2 is 1.26 bits per heavy atom. The average molecular weight is 683 g/mol. The van der Waals surface area contributed by atoms with E-state index in [4.69, 9.17) is 14.8 Å². The van der Waals surface area contributed by atoms with Crippen molar-refractivity contribution in [2.45, 2.75) is 148 Å². The molecule has 0 aromatic carbocycles. The number of hydrogen-bond acceptors (Lipinski definition) is 7. The first-order valence-corrected chi connectivity index (χ1v) is 19.5. The molecule has 0 aliphatic carbocycles. The van der Waals surface area contributed by atoms with Crippen LogP contribution in [0.4, 0.5) is 0 Å². The summed E-state index contributed by atoms with van der Waals surface area (Å²) in [7, 11) is -4.42. The van der Waals surface area contributed by atoms with E-state index in [1.807, 2.05) is 6.08 Å². The molecule has 47 heavy (non-hydrogen) atoms. The summed E-state index contributed by atoms with van der Waals surface area (Å²) < 4.78 is 21.9. The van der Waals surface area contributed by atoms with Crippen molar-refractivity contribution >= 4 is 13.7 Å². The highest BCUT2D eigenvalue weighted by Gasteiger charge is 2.27. The van der Waals surface area contributed by atoms with Crippen LogP contribution in [-0.2, 0) is 18.4 Å². The topological polar surface area (TPSA) is 151 Å². The number of carbonyl (C=O) groups excluding carboxylic acids is 1. The van der Waals surface area contributed by atoms with Crippen LogP contribution < -0.4 is 11.1 Å². The van der Waals surface area contributed by atoms with Gasteiger partial charge < -0.3 is 26.2 Å². The molecule has 6 N–H and O–H groups in total. The third kappa shape index (κ3) is 31.2. The van der Waals surface area contributed by atoms with Gasteiger partial charge in [-0.1, -0.05) is 126 Å². The fraction of sp³-hybridized carbons (Fsp3) is 0.703. The van der Waals surface area contributed by atoms with Crippen LogP contribution in [0.5, 0.6) is 0 Å². The molecule has 9 nitrogen and oxygen atoms in total. The van der Waals surface area contributed by atoms with Crippen LogP contribution in [0, 0.1) is 0 Å². The van der Waals surface area contributed by atoms with Crippen LogP contribution in [-0.4, -0.2) is 59.0 Å². The summed E-state index contributed by atoms with van der Waals surface area (Å²) in [5.41, 5.74) is 5.33. The highest BCUT2D eigenvalue weighted by Crippen LogP contribution is 2.43. The molecule has 4 unspecified atom stereocenters. The fourth-order valence-corrected chi connectivity index (χ4v) is 5.37. The number of phosphoric acid groups is 1. The first kappa shape index (κ1) is 45.2. The molecule has 0 saturated carbocycles. The third-order valence-corrected chi connectivity index (χ3v) is 8.34. The Kier molecular flexibility index (Phi) is 31.4. The Morgan fingerprint density at radius 1 is 0.723 bits per heavy atom. The van der Waals surface area contributed by atoms with E-state index < -0.39 is 38.6 Å². The number of phosphoric ester groups is 1. The average Bonchev–Trinajstić information content (AvgIpc) is 3.04. The SMILES string of the molecule is CCCCCC/C=C/CC/C=C/CC/C=C/C(O)C(COP(=O)(O)OCCN)NC(=O)CC(O)/C=C\C/C=C\CCCCCCCC. The summed E-state index contributed by atoms with van der Waals surface area (Å²) in [5, 5.41) is 23.7. The maximum Gasteiger partial charge on any atom is 0.472 e. The molecule has 0 fully saturated rings. The second-order valence-electron chi connectivity index (χ2n) is 11.9. The summed E-state index contributed by atoms with van der Waals surface area (Å²) in [6.45, 7) is 3.81. The molecule has 0 radical (unpaired) electrons. The molecule has 0 heterocycles. The predicted octanol–water partition coefficient (Wildman–Crippen LogP) is 8.13. The van der Waals surface area contributed by atoms with E-state index >= 15 is 0 Å². The largest absolute Gasteiger partial charge is 0.472 e. The summed E-state index contributed by atoms with van der Waals surface area (Å²) in [4.78, 5) is 22.5. The molecule has 0 rings (SSSR count). The van der Waals surface area contributed by atoms with Crippen LogP contribution in [0.1, 0.15) is 129 Å². The van der Waals surface area contributed by atoms with E-state index in [0.717, 1.165) is 32.1 Å². The van der Waals surface area contributed by atoms with Gasteiger partial charge in [-0.25, -0.2) is 4.57 Å². The Balaban J connectivity index is 4.69. The van der Waals surface area contributed by atoms with E-state index in [0.29, 0.717) is 12.8 Å². The molecule has 1 amide bonds. The smallest absolute Gasteiger partial charge is 0.389 e. The monoisotopic (exact) mass is 682 g/mol. The van der Waals surface area contributed by atoms with Gasteiger partial charge in [-0.3, -0.25) is 13.8 Å². The number of carbonyl (C=O) groups is 1. The number of unbranched alkanes of at least 4 members (excludes halogenated alkanes) is 12. The summed E-state index contributed by atoms with van der Waals surface area (Å²) in [6.07, 6.45) is 36.2. The molecule has 0 aromatic rings. The zero-order valence-corrected chi connectivity index (χ0v) is 30.2. The van der Waals surface area contributed by atoms with Crippen molar-refractivity contribution < 1.29 is 33.5 Å². The van der Waals surface area contributed by atoms with Crippen LogP contribution in [0.3, 0.4) is 0 Å². The molecular weight excluding hydrogens is 615 g/mol. The standard InChI is InChI=1S/C37H67N2O7P/c1-3-5-7-9-11-13-15-16-17-19-21-23-25-27-29-36(41)35(33-46-47(43,44)45-31-30-38)39-37(42)32-34(40)28-26-24-22-20-18-14-12-10-8-6-4-2/h13,15,19-22,26-29,34-36,40-41H,3-12,14,16-18,23-25,30-33,38H2,1-2H3,(H,39,42)(H,43,44)/b15-13+,21-19+,22-20-,28-26-,29-27+. The lowest BCUT2D eigenvalue weighted by Gasteiger charge is -2.23. The van der Waals surface area contributed by atoms with Crippen molar-refractivity contribution in [3.63, 3.8) is 0 Å². The first-order valence-electron chi connectivity index (χ1n) is 18.0. The predicted molar refractivity (Wildman–Crippen MR) is 195 cm³/mol. The lowest BCUT2D eigenvalue weighted by atomic mass is 10.1. The van der Waals surface area contributed by atoms with Crippen LogP contribution >= 0.6 is 7.82 Å². The van der Waals surface area contributed by atoms with Gasteiger partial charge in [0.15, 0.2) is 0 Å². The minimum Gasteiger partial charge on any atom is -0.389 e. The van der Waals surface area contributed by atoms with Crippen molar-refractivity contribution in [2.24, 2.45) is 5.73 Å². The molecule has 0 aliphatic heterocycles. The van der Waals surface area contributed by atoms with Gasteiger partial charge in [0.05, 0.1) is 37.9 Å². The maximum atomic E-state index is 12.7. The summed E-state index contributed by atoms with van der Waals surface area (Å²) in [5.74, 6) is -0.532. The Labute approximate surface area is 286 Å². The zero-order chi connectivity index (χ0) is 34.9. The highest BCUT2D eigenvalue weighted by molar-refractivity contribution is 7.47. The second-order valence-corrected chi connectivity index (χ2v) is 13.3. The maximum absolute atomic E-state index is 12.7. The number of aliphatic hydroxyl groups excluding tert-OH is 2. The number of hydrogen-bond donors (Lipinski definition) is 5. The van der Waals surface area contributed by atoms with E-state index in [-0.39, 0.29) is 19.6 Å². The van der Waals surface area contributed by atoms with Crippen LogP contribution in [0.15, 0.2) is 60.8 Å². The number of rotatable bonds is 32. The number of nitrogens with one attached hydrogen (secondary N) is 1. The van der Waals surface area contributed by atoms with E-state index in [2.05, 4.69) is 55.6 Å². The number of nitrogens with two attached hydrogens (primary N) is 1. The lowest BCUT2D eigenvalue weighted by molar-refractivity contribution is -0.124. The molecule has 0 saturated heterocycles. The molecule has 0 bridgehead atoms. The van der Waals surface area contributed by atoms with Gasteiger partial charge in [0.25, 0.3) is 0 Å². The van der Waals surface area contributed by atoms with Crippen molar-refractivity contribution in [3.8, 4) is 0 Å². The molecule has 0 spiro atoms. The van der Waals surface area contributed by atoms with Gasteiger partial charge in [0, 0.05) is 6.54 Å². The number of allylic oxidation sites excluding steroid dienone is 8. The van der Waals surface area contributed by atoms with Gasteiger partial charge in [-0.05, 0) is 57.8 Å². The normalized spacial score (nSPS) is 15.8. The number of amides is 1. The van der Waals surface area contributed by atoms with Crippen LogP contribution in [0.2, 0.25) is 0 Å². The van der Waals surface area contributed by atoms with Gasteiger partial charge in [-0.2, -0.15) is 0 Å². The third-order valence-electron chi connectivity index (χ3n) is 7.36. The fourth-order valence-electron chi connectivity index (χ4n) is 4.62. The van der Waals surface area contributed by atoms with E-state index in [1.54, 1.807) is 12.2 Å². The minimum atomic E-state index is -4.42. The molecule has 0 aliphatic rings. The molecule has 10 heteroatoms. The first-order chi connectivity index (χ1) is 22.8. The zero-order valence-electron chi connectivity index (χ0n) is 29.4.